The third-order valence-electron chi connectivity index (χ3n) is 6.24. The summed E-state index contributed by atoms with van der Waals surface area (Å²) in [5, 5.41) is 2.23. The number of carbonyl (C=O) groups is 5. The van der Waals surface area contributed by atoms with E-state index in [2.05, 4.69) is 12.2 Å². The Morgan fingerprint density at radius 3 is 2.19 bits per heavy atom. The molecule has 2 heterocycles. The van der Waals surface area contributed by atoms with Gasteiger partial charge in [-0.2, -0.15) is 0 Å². The van der Waals surface area contributed by atoms with E-state index in [0.717, 1.165) is 29.1 Å². The first-order valence-electron chi connectivity index (χ1n) is 11.9. The minimum Gasteiger partial charge on any atom is -0.496 e. The molecule has 0 radical (unpaired) electrons. The number of rotatable bonds is 9. The molecule has 2 aliphatic rings. The van der Waals surface area contributed by atoms with Crippen LogP contribution in [-0.4, -0.2) is 53.1 Å². The van der Waals surface area contributed by atoms with Gasteiger partial charge >= 0.3 is 6.03 Å². The molecule has 0 aromatic heterocycles. The van der Waals surface area contributed by atoms with E-state index in [1.54, 1.807) is 42.5 Å². The molecule has 0 bridgehead atoms. The van der Waals surface area contributed by atoms with Gasteiger partial charge in [0.2, 0.25) is 0 Å². The van der Waals surface area contributed by atoms with Gasteiger partial charge in [-0.1, -0.05) is 44.4 Å². The van der Waals surface area contributed by atoms with Gasteiger partial charge in [-0.3, -0.25) is 34.3 Å². The topological polar surface area (TPSA) is 113 Å². The lowest BCUT2D eigenvalue weighted by atomic mass is 10.0. The Hall–Kier alpha value is -4.27. The van der Waals surface area contributed by atoms with Crippen molar-refractivity contribution in [1.82, 2.24) is 15.1 Å². The van der Waals surface area contributed by atoms with Crippen molar-refractivity contribution < 1.29 is 28.7 Å². The average Bonchev–Trinajstić information content (AvgIpc) is 3.11. The number of nitrogens with one attached hydrogen (secondary N) is 1. The molecule has 0 spiro atoms. The summed E-state index contributed by atoms with van der Waals surface area (Å²) in [7, 11) is 1.47. The SMILES string of the molecule is CCCCCCN1C(=O)NC(=O)/C(=C/c2ccc(OC)c(CN3C(=O)c4ccccc4C3=O)c2)C1=O. The Balaban J connectivity index is 1.59. The van der Waals surface area contributed by atoms with Gasteiger partial charge in [0.1, 0.15) is 11.3 Å². The molecule has 6 amide bonds. The largest absolute Gasteiger partial charge is 0.496 e. The Bertz CT molecular complexity index is 1250. The van der Waals surface area contributed by atoms with Gasteiger partial charge in [-0.15, -0.1) is 0 Å². The zero-order chi connectivity index (χ0) is 25.8. The number of amides is 6. The Morgan fingerprint density at radius 2 is 1.56 bits per heavy atom. The number of methoxy groups -OCH3 is 1. The summed E-state index contributed by atoms with van der Waals surface area (Å²) in [6.45, 7) is 2.24. The second-order valence-electron chi connectivity index (χ2n) is 8.65. The molecule has 9 nitrogen and oxygen atoms in total. The van der Waals surface area contributed by atoms with E-state index in [4.69, 9.17) is 4.74 Å². The lowest BCUT2D eigenvalue weighted by Gasteiger charge is -2.26. The summed E-state index contributed by atoms with van der Waals surface area (Å²) in [5.74, 6) is -1.78. The molecule has 186 valence electrons. The van der Waals surface area contributed by atoms with Crippen LogP contribution < -0.4 is 10.1 Å². The van der Waals surface area contributed by atoms with Crippen molar-refractivity contribution in [2.75, 3.05) is 13.7 Å². The summed E-state index contributed by atoms with van der Waals surface area (Å²) in [5.41, 5.74) is 1.53. The highest BCUT2D eigenvalue weighted by Crippen LogP contribution is 2.29. The summed E-state index contributed by atoms with van der Waals surface area (Å²) in [6.07, 6.45) is 4.94. The van der Waals surface area contributed by atoms with Crippen LogP contribution in [0.2, 0.25) is 0 Å². The van der Waals surface area contributed by atoms with Crippen LogP contribution in [0.15, 0.2) is 48.0 Å². The van der Waals surface area contributed by atoms with Crippen molar-refractivity contribution >= 4 is 35.7 Å². The van der Waals surface area contributed by atoms with Crippen LogP contribution in [0.1, 0.15) is 64.4 Å². The monoisotopic (exact) mass is 489 g/mol. The standard InChI is InChI=1S/C27H27N3O6/c1-3-4-5-8-13-29-26(34)21(23(31)28-27(29)35)15-17-11-12-22(36-2)18(14-17)16-30-24(32)19-9-6-7-10-20(19)25(30)33/h6-7,9-12,14-15H,3-5,8,13,16H2,1-2H3,(H,28,31,35)/b21-15-. The molecule has 2 aliphatic heterocycles. The minimum absolute atomic E-state index is 0.0469. The summed E-state index contributed by atoms with van der Waals surface area (Å²) < 4.78 is 5.42. The van der Waals surface area contributed by atoms with Gasteiger partial charge < -0.3 is 4.74 Å². The van der Waals surface area contributed by atoms with Gasteiger partial charge in [0.25, 0.3) is 23.6 Å². The van der Waals surface area contributed by atoms with Crippen molar-refractivity contribution in [2.24, 2.45) is 0 Å². The van der Waals surface area contributed by atoms with Gasteiger partial charge in [0, 0.05) is 12.1 Å². The second kappa shape index (κ2) is 10.6. The zero-order valence-corrected chi connectivity index (χ0v) is 20.2. The van der Waals surface area contributed by atoms with E-state index >= 15 is 0 Å². The van der Waals surface area contributed by atoms with Crippen LogP contribution in [0.3, 0.4) is 0 Å². The molecule has 1 fully saturated rings. The normalized spacial score (nSPS) is 16.6. The third-order valence-corrected chi connectivity index (χ3v) is 6.24. The molecule has 1 N–H and O–H groups in total. The first-order chi connectivity index (χ1) is 17.3. The van der Waals surface area contributed by atoms with Crippen molar-refractivity contribution in [1.29, 1.82) is 0 Å². The van der Waals surface area contributed by atoms with E-state index in [1.807, 2.05) is 0 Å². The predicted molar refractivity (Wildman–Crippen MR) is 131 cm³/mol. The smallest absolute Gasteiger partial charge is 0.331 e. The number of fused-ring (bicyclic) bond motifs is 1. The fourth-order valence-electron chi connectivity index (χ4n) is 4.33. The Morgan fingerprint density at radius 1 is 0.861 bits per heavy atom. The van der Waals surface area contributed by atoms with Crippen LogP contribution in [0.5, 0.6) is 5.75 Å². The second-order valence-corrected chi connectivity index (χ2v) is 8.65. The highest BCUT2D eigenvalue weighted by molar-refractivity contribution is 6.31. The maximum absolute atomic E-state index is 13.0. The third kappa shape index (κ3) is 4.77. The number of hydrogen-bond donors (Lipinski definition) is 1. The molecular weight excluding hydrogens is 462 g/mol. The lowest BCUT2D eigenvalue weighted by Crippen LogP contribution is -2.54. The number of benzene rings is 2. The number of ether oxygens (including phenoxy) is 1. The first-order valence-corrected chi connectivity index (χ1v) is 11.9. The molecular formula is C27H27N3O6. The molecule has 2 aromatic rings. The molecule has 2 aromatic carbocycles. The molecule has 1 saturated heterocycles. The van der Waals surface area contributed by atoms with Gasteiger partial charge in [-0.05, 0) is 42.3 Å². The van der Waals surface area contributed by atoms with E-state index in [-0.39, 0.29) is 18.7 Å². The van der Waals surface area contributed by atoms with E-state index in [9.17, 15) is 24.0 Å². The van der Waals surface area contributed by atoms with E-state index in [0.29, 0.717) is 34.4 Å². The van der Waals surface area contributed by atoms with E-state index in [1.165, 1.54) is 13.2 Å². The molecule has 0 saturated carbocycles. The highest BCUT2D eigenvalue weighted by atomic mass is 16.5. The fraction of sp³-hybridized carbons (Fsp3) is 0.296. The average molecular weight is 490 g/mol. The van der Waals surface area contributed by atoms with Gasteiger partial charge in [-0.25, -0.2) is 4.79 Å². The molecule has 0 atom stereocenters. The number of imide groups is 3. The van der Waals surface area contributed by atoms with Gasteiger partial charge in [0.15, 0.2) is 0 Å². The first kappa shape index (κ1) is 24.8. The minimum atomic E-state index is -0.771. The highest BCUT2D eigenvalue weighted by Gasteiger charge is 2.36. The number of carbonyl (C=O) groups excluding carboxylic acids is 5. The van der Waals surface area contributed by atoms with Crippen molar-refractivity contribution in [3.63, 3.8) is 0 Å². The van der Waals surface area contributed by atoms with Crippen LogP contribution in [0.25, 0.3) is 6.08 Å². The van der Waals surface area contributed by atoms with Crippen LogP contribution in [0.4, 0.5) is 4.79 Å². The summed E-state index contributed by atoms with van der Waals surface area (Å²) in [6, 6.07) is 10.8. The van der Waals surface area contributed by atoms with E-state index < -0.39 is 29.7 Å². The van der Waals surface area contributed by atoms with Crippen molar-refractivity contribution in [3.8, 4) is 5.75 Å². The summed E-state index contributed by atoms with van der Waals surface area (Å²) >= 11 is 0. The zero-order valence-electron chi connectivity index (χ0n) is 20.2. The Kier molecular flexibility index (Phi) is 7.28. The number of urea groups is 1. The van der Waals surface area contributed by atoms with Crippen LogP contribution in [-0.2, 0) is 16.1 Å². The molecule has 36 heavy (non-hydrogen) atoms. The maximum atomic E-state index is 13.0. The van der Waals surface area contributed by atoms with Crippen molar-refractivity contribution in [2.45, 2.75) is 39.2 Å². The molecule has 0 unspecified atom stereocenters. The number of nitrogens with zero attached hydrogens (tertiary/aromatic N) is 2. The van der Waals surface area contributed by atoms with Crippen molar-refractivity contribution in [3.05, 3.63) is 70.3 Å². The number of unbranched alkanes of at least 4 members (excludes halogenated alkanes) is 3. The summed E-state index contributed by atoms with van der Waals surface area (Å²) in [4.78, 5) is 65.5. The predicted octanol–water partition coefficient (Wildman–Crippen LogP) is 3.53. The molecule has 9 heteroatoms. The number of hydrogen-bond acceptors (Lipinski definition) is 6. The molecule has 4 rings (SSSR count). The van der Waals surface area contributed by atoms with Crippen LogP contribution >= 0.6 is 0 Å². The number of barbiturate groups is 1. The maximum Gasteiger partial charge on any atom is 0.331 e. The molecule has 0 aliphatic carbocycles. The van der Waals surface area contributed by atoms with Gasteiger partial charge in [0.05, 0.1) is 24.8 Å². The quantitative estimate of drug-likeness (QED) is 0.250. The fourth-order valence-corrected chi connectivity index (χ4v) is 4.33. The van der Waals surface area contributed by atoms with Crippen LogP contribution in [0, 0.1) is 0 Å². The Labute approximate surface area is 208 Å². The lowest BCUT2D eigenvalue weighted by molar-refractivity contribution is -0.130.